The van der Waals surface area contributed by atoms with Crippen LogP contribution >= 0.6 is 11.3 Å². The molecule has 2 heterocycles. The zero-order valence-electron chi connectivity index (χ0n) is 12.9. The van der Waals surface area contributed by atoms with Crippen molar-refractivity contribution in [1.29, 1.82) is 0 Å². The molecule has 6 nitrogen and oxygen atoms in total. The first-order chi connectivity index (χ1) is 11.6. The van der Waals surface area contributed by atoms with Crippen molar-refractivity contribution in [2.45, 2.75) is 13.0 Å². The first kappa shape index (κ1) is 15.9. The number of benzene rings is 1. The van der Waals surface area contributed by atoms with Crippen LogP contribution in [0.1, 0.15) is 38.7 Å². The number of anilines is 1. The maximum atomic E-state index is 12.2. The highest BCUT2D eigenvalue weighted by Crippen LogP contribution is 2.15. The Morgan fingerprint density at radius 1 is 1.12 bits per heavy atom. The summed E-state index contributed by atoms with van der Waals surface area (Å²) in [7, 11) is 0. The van der Waals surface area contributed by atoms with Crippen molar-refractivity contribution < 1.29 is 14.0 Å². The van der Waals surface area contributed by atoms with Crippen molar-refractivity contribution in [2.24, 2.45) is 0 Å². The molecule has 0 aliphatic rings. The summed E-state index contributed by atoms with van der Waals surface area (Å²) in [6.45, 7) is 1.88. The van der Waals surface area contributed by atoms with Crippen LogP contribution in [0.15, 0.2) is 58.5 Å². The normalized spacial score (nSPS) is 11.7. The number of aromatic nitrogens is 1. The molecule has 0 aliphatic heterocycles. The Bertz CT molecular complexity index is 828. The lowest BCUT2D eigenvalue weighted by Crippen LogP contribution is -2.26. The van der Waals surface area contributed by atoms with E-state index in [0.717, 1.165) is 5.56 Å². The number of carbonyl (C=O) groups is 2. The predicted octanol–water partition coefficient (Wildman–Crippen LogP) is 3.48. The largest absolute Gasteiger partial charge is 0.431 e. The third-order valence-corrected chi connectivity index (χ3v) is 4.22. The topological polar surface area (TPSA) is 84.2 Å². The van der Waals surface area contributed by atoms with E-state index in [9.17, 15) is 9.59 Å². The molecule has 24 heavy (non-hydrogen) atoms. The number of thiophene rings is 1. The van der Waals surface area contributed by atoms with Gasteiger partial charge in [0, 0.05) is 0 Å². The first-order valence-corrected chi connectivity index (χ1v) is 8.17. The van der Waals surface area contributed by atoms with E-state index in [1.165, 1.54) is 17.6 Å². The predicted molar refractivity (Wildman–Crippen MR) is 91.1 cm³/mol. The van der Waals surface area contributed by atoms with Gasteiger partial charge in [0.1, 0.15) is 6.26 Å². The molecular formula is C17H15N3O3S. The molecule has 2 aromatic heterocycles. The Morgan fingerprint density at radius 3 is 2.62 bits per heavy atom. The highest BCUT2D eigenvalue weighted by Gasteiger charge is 2.17. The van der Waals surface area contributed by atoms with Gasteiger partial charge in [-0.05, 0) is 23.9 Å². The SMILES string of the molecule is CC(NC(=O)c1coc(NC(=O)c2cccs2)n1)c1ccccc1. The smallest absolute Gasteiger partial charge is 0.302 e. The molecule has 2 amide bonds. The lowest BCUT2D eigenvalue weighted by atomic mass is 10.1. The second-order valence-electron chi connectivity index (χ2n) is 5.08. The van der Waals surface area contributed by atoms with E-state index in [2.05, 4.69) is 15.6 Å². The molecule has 0 fully saturated rings. The zero-order chi connectivity index (χ0) is 16.9. The fourth-order valence-corrected chi connectivity index (χ4v) is 2.72. The summed E-state index contributed by atoms with van der Waals surface area (Å²) in [5, 5.41) is 7.15. The number of carbonyl (C=O) groups excluding carboxylic acids is 2. The zero-order valence-corrected chi connectivity index (χ0v) is 13.7. The Labute approximate surface area is 142 Å². The molecule has 2 N–H and O–H groups in total. The summed E-state index contributed by atoms with van der Waals surface area (Å²) in [6, 6.07) is 12.9. The average Bonchev–Trinajstić information content (AvgIpc) is 3.27. The molecular weight excluding hydrogens is 326 g/mol. The summed E-state index contributed by atoms with van der Waals surface area (Å²) >= 11 is 1.31. The molecule has 3 rings (SSSR count). The average molecular weight is 341 g/mol. The molecule has 0 radical (unpaired) electrons. The molecule has 0 saturated heterocycles. The van der Waals surface area contributed by atoms with Crippen LogP contribution < -0.4 is 10.6 Å². The summed E-state index contributed by atoms with van der Waals surface area (Å²) in [6.07, 6.45) is 1.22. The standard InChI is InChI=1S/C17H15N3O3S/c1-11(12-6-3-2-4-7-12)18-15(21)13-10-23-17(19-13)20-16(22)14-8-5-9-24-14/h2-11H,1H3,(H,18,21)(H,19,20,22). The molecule has 0 bridgehead atoms. The summed E-state index contributed by atoms with van der Waals surface area (Å²) in [4.78, 5) is 28.7. The van der Waals surface area contributed by atoms with Crippen LogP contribution in [0.2, 0.25) is 0 Å². The molecule has 3 aromatic rings. The lowest BCUT2D eigenvalue weighted by molar-refractivity contribution is 0.0933. The minimum Gasteiger partial charge on any atom is -0.431 e. The quantitative estimate of drug-likeness (QED) is 0.744. The van der Waals surface area contributed by atoms with Gasteiger partial charge in [-0.15, -0.1) is 11.3 Å². The van der Waals surface area contributed by atoms with Gasteiger partial charge in [0.15, 0.2) is 5.69 Å². The minimum absolute atomic E-state index is 0.00841. The molecule has 7 heteroatoms. The van der Waals surface area contributed by atoms with Gasteiger partial charge >= 0.3 is 6.01 Å². The Balaban J connectivity index is 1.62. The van der Waals surface area contributed by atoms with E-state index >= 15 is 0 Å². The van der Waals surface area contributed by atoms with Crippen LogP contribution in [-0.4, -0.2) is 16.8 Å². The van der Waals surface area contributed by atoms with Gasteiger partial charge in [-0.25, -0.2) is 0 Å². The Hall–Kier alpha value is -2.93. The van der Waals surface area contributed by atoms with Crippen molar-refractivity contribution >= 4 is 29.2 Å². The van der Waals surface area contributed by atoms with Crippen molar-refractivity contribution in [1.82, 2.24) is 10.3 Å². The van der Waals surface area contributed by atoms with E-state index in [0.29, 0.717) is 4.88 Å². The van der Waals surface area contributed by atoms with Crippen LogP contribution in [0.4, 0.5) is 6.01 Å². The summed E-state index contributed by atoms with van der Waals surface area (Å²) < 4.78 is 5.14. The van der Waals surface area contributed by atoms with Crippen LogP contribution in [-0.2, 0) is 0 Å². The third kappa shape index (κ3) is 3.69. The Kier molecular flexibility index (Phi) is 4.72. The van der Waals surface area contributed by atoms with Gasteiger partial charge < -0.3 is 9.73 Å². The van der Waals surface area contributed by atoms with E-state index in [1.807, 2.05) is 37.3 Å². The second-order valence-corrected chi connectivity index (χ2v) is 6.02. The lowest BCUT2D eigenvalue weighted by Gasteiger charge is -2.12. The number of amides is 2. The van der Waals surface area contributed by atoms with Gasteiger partial charge in [-0.3, -0.25) is 14.9 Å². The minimum atomic E-state index is -0.369. The highest BCUT2D eigenvalue weighted by atomic mass is 32.1. The number of rotatable bonds is 5. The van der Waals surface area contributed by atoms with E-state index in [-0.39, 0.29) is 29.6 Å². The maximum Gasteiger partial charge on any atom is 0.302 e. The highest BCUT2D eigenvalue weighted by molar-refractivity contribution is 7.12. The number of oxazole rings is 1. The van der Waals surface area contributed by atoms with Gasteiger partial charge in [0.25, 0.3) is 11.8 Å². The van der Waals surface area contributed by atoms with Crippen molar-refractivity contribution in [3.63, 3.8) is 0 Å². The number of nitrogens with one attached hydrogen (secondary N) is 2. The summed E-state index contributed by atoms with van der Waals surface area (Å²) in [5.74, 6) is -0.691. The molecule has 0 saturated carbocycles. The van der Waals surface area contributed by atoms with Crippen molar-refractivity contribution in [2.75, 3.05) is 5.32 Å². The molecule has 0 aliphatic carbocycles. The van der Waals surface area contributed by atoms with Crippen molar-refractivity contribution in [3.8, 4) is 0 Å². The van der Waals surface area contributed by atoms with Crippen LogP contribution in [0.5, 0.6) is 0 Å². The van der Waals surface area contributed by atoms with E-state index < -0.39 is 0 Å². The maximum absolute atomic E-state index is 12.2. The van der Waals surface area contributed by atoms with Crippen LogP contribution in [0.3, 0.4) is 0 Å². The fraction of sp³-hybridized carbons (Fsp3) is 0.118. The Morgan fingerprint density at radius 2 is 1.92 bits per heavy atom. The third-order valence-electron chi connectivity index (χ3n) is 3.35. The first-order valence-electron chi connectivity index (χ1n) is 7.29. The number of nitrogens with zero attached hydrogens (tertiary/aromatic N) is 1. The van der Waals surface area contributed by atoms with E-state index in [4.69, 9.17) is 4.42 Å². The molecule has 1 aromatic carbocycles. The van der Waals surface area contributed by atoms with Gasteiger partial charge in [0.05, 0.1) is 10.9 Å². The monoisotopic (exact) mass is 341 g/mol. The number of hydrogen-bond donors (Lipinski definition) is 2. The molecule has 1 unspecified atom stereocenters. The number of hydrogen-bond acceptors (Lipinski definition) is 5. The second kappa shape index (κ2) is 7.10. The van der Waals surface area contributed by atoms with Gasteiger partial charge in [-0.2, -0.15) is 4.98 Å². The van der Waals surface area contributed by atoms with Gasteiger partial charge in [0.2, 0.25) is 0 Å². The molecule has 0 spiro atoms. The van der Waals surface area contributed by atoms with Crippen LogP contribution in [0, 0.1) is 0 Å². The fourth-order valence-electron chi connectivity index (χ4n) is 2.10. The van der Waals surface area contributed by atoms with E-state index in [1.54, 1.807) is 17.5 Å². The molecule has 122 valence electrons. The van der Waals surface area contributed by atoms with Crippen molar-refractivity contribution in [3.05, 3.63) is 70.2 Å². The van der Waals surface area contributed by atoms with Gasteiger partial charge in [-0.1, -0.05) is 36.4 Å². The van der Waals surface area contributed by atoms with Crippen LogP contribution in [0.25, 0.3) is 0 Å². The molecule has 1 atom stereocenters. The summed E-state index contributed by atoms with van der Waals surface area (Å²) in [5.41, 5.74) is 1.10.